The number of para-hydroxylation sites is 1. The summed E-state index contributed by atoms with van der Waals surface area (Å²) >= 11 is 0. The normalized spacial score (nSPS) is 13.8. The van der Waals surface area contributed by atoms with E-state index in [1.807, 2.05) is 31.2 Å². The van der Waals surface area contributed by atoms with E-state index in [4.69, 9.17) is 10.5 Å². The molecule has 0 saturated heterocycles. The summed E-state index contributed by atoms with van der Waals surface area (Å²) in [6.45, 7) is 6.92. The van der Waals surface area contributed by atoms with Crippen LogP contribution in [0.15, 0.2) is 24.3 Å². The molecule has 0 bridgehead atoms. The Hall–Kier alpha value is -1.06. The summed E-state index contributed by atoms with van der Waals surface area (Å²) in [5.41, 5.74) is 6.99. The van der Waals surface area contributed by atoms with Crippen LogP contribution < -0.4 is 10.5 Å². The molecule has 1 atom stereocenters. The summed E-state index contributed by atoms with van der Waals surface area (Å²) in [6.07, 6.45) is 0. The van der Waals surface area contributed by atoms with Crippen LogP contribution in [0.3, 0.4) is 0 Å². The molecule has 0 saturated carbocycles. The summed E-state index contributed by atoms with van der Waals surface area (Å²) in [7, 11) is 4.11. The first-order chi connectivity index (χ1) is 7.84. The van der Waals surface area contributed by atoms with Crippen molar-refractivity contribution in [2.45, 2.75) is 32.4 Å². The molecule has 0 aromatic heterocycles. The van der Waals surface area contributed by atoms with E-state index in [0.29, 0.717) is 6.61 Å². The maximum Gasteiger partial charge on any atom is 0.124 e. The summed E-state index contributed by atoms with van der Waals surface area (Å²) in [4.78, 5) is 2.15. The van der Waals surface area contributed by atoms with Crippen LogP contribution in [0.1, 0.15) is 32.4 Å². The van der Waals surface area contributed by atoms with Crippen molar-refractivity contribution in [1.29, 1.82) is 0 Å². The monoisotopic (exact) mass is 236 g/mol. The second-order valence-electron chi connectivity index (χ2n) is 5.32. The van der Waals surface area contributed by atoms with Gasteiger partial charge in [0.15, 0.2) is 0 Å². The number of likely N-dealkylation sites (N-methyl/N-ethyl adjacent to an activating group) is 1. The molecule has 0 unspecified atom stereocenters. The van der Waals surface area contributed by atoms with E-state index >= 15 is 0 Å². The number of hydrogen-bond acceptors (Lipinski definition) is 3. The quantitative estimate of drug-likeness (QED) is 0.853. The molecule has 0 spiro atoms. The number of nitrogens with zero attached hydrogens (tertiary/aromatic N) is 1. The number of hydrogen-bond donors (Lipinski definition) is 1. The van der Waals surface area contributed by atoms with Gasteiger partial charge in [0.05, 0.1) is 0 Å². The van der Waals surface area contributed by atoms with E-state index in [0.717, 1.165) is 11.3 Å². The Morgan fingerprint density at radius 1 is 1.29 bits per heavy atom. The van der Waals surface area contributed by atoms with Gasteiger partial charge in [-0.1, -0.05) is 18.2 Å². The van der Waals surface area contributed by atoms with Gasteiger partial charge in [-0.2, -0.15) is 0 Å². The Morgan fingerprint density at radius 3 is 2.41 bits per heavy atom. The molecule has 0 aliphatic heterocycles. The predicted molar refractivity (Wildman–Crippen MR) is 72.3 cm³/mol. The molecular weight excluding hydrogens is 212 g/mol. The van der Waals surface area contributed by atoms with Gasteiger partial charge in [-0.05, 0) is 40.9 Å². The Kier molecular flexibility index (Phi) is 4.54. The molecule has 1 aromatic carbocycles. The van der Waals surface area contributed by atoms with E-state index in [2.05, 4.69) is 32.8 Å². The third-order valence-corrected chi connectivity index (χ3v) is 3.20. The molecule has 1 aromatic rings. The molecule has 0 heterocycles. The van der Waals surface area contributed by atoms with Crippen molar-refractivity contribution in [3.05, 3.63) is 29.8 Å². The van der Waals surface area contributed by atoms with Crippen LogP contribution in [-0.2, 0) is 0 Å². The molecule has 3 nitrogen and oxygen atoms in total. The highest BCUT2D eigenvalue weighted by atomic mass is 16.5. The highest BCUT2D eigenvalue weighted by molar-refractivity contribution is 5.35. The summed E-state index contributed by atoms with van der Waals surface area (Å²) in [6, 6.07) is 7.95. The van der Waals surface area contributed by atoms with Crippen molar-refractivity contribution in [1.82, 2.24) is 4.90 Å². The van der Waals surface area contributed by atoms with Crippen LogP contribution in [0, 0.1) is 0 Å². The number of rotatable bonds is 5. The molecule has 0 aliphatic rings. The second-order valence-corrected chi connectivity index (χ2v) is 5.32. The van der Waals surface area contributed by atoms with Crippen LogP contribution >= 0.6 is 0 Å². The van der Waals surface area contributed by atoms with Gasteiger partial charge in [0.1, 0.15) is 12.4 Å². The van der Waals surface area contributed by atoms with E-state index in [-0.39, 0.29) is 11.6 Å². The van der Waals surface area contributed by atoms with Crippen molar-refractivity contribution >= 4 is 0 Å². The zero-order valence-electron chi connectivity index (χ0n) is 11.5. The lowest BCUT2D eigenvalue weighted by Gasteiger charge is -2.32. The van der Waals surface area contributed by atoms with Crippen LogP contribution in [-0.4, -0.2) is 31.1 Å². The zero-order valence-corrected chi connectivity index (χ0v) is 11.5. The Bertz CT molecular complexity index is 359. The first-order valence-corrected chi connectivity index (χ1v) is 5.99. The first-order valence-electron chi connectivity index (χ1n) is 5.99. The Balaban J connectivity index is 2.76. The van der Waals surface area contributed by atoms with Gasteiger partial charge in [0.2, 0.25) is 0 Å². The molecule has 3 heteroatoms. The van der Waals surface area contributed by atoms with E-state index in [1.165, 1.54) is 0 Å². The van der Waals surface area contributed by atoms with Crippen LogP contribution in [0.25, 0.3) is 0 Å². The lowest BCUT2D eigenvalue weighted by Crippen LogP contribution is -2.43. The molecule has 0 fully saturated rings. The average Bonchev–Trinajstić information content (AvgIpc) is 2.26. The fourth-order valence-electron chi connectivity index (χ4n) is 1.37. The molecule has 0 amide bonds. The maximum absolute atomic E-state index is 5.92. The lowest BCUT2D eigenvalue weighted by atomic mass is 10.1. The summed E-state index contributed by atoms with van der Waals surface area (Å²) in [5, 5.41) is 0. The van der Waals surface area contributed by atoms with Gasteiger partial charge in [-0.25, -0.2) is 0 Å². The molecule has 96 valence electrons. The fraction of sp³-hybridized carbons (Fsp3) is 0.571. The third kappa shape index (κ3) is 3.72. The average molecular weight is 236 g/mol. The molecule has 0 radical (unpaired) electrons. The van der Waals surface area contributed by atoms with E-state index in [9.17, 15) is 0 Å². The Morgan fingerprint density at radius 2 is 1.88 bits per heavy atom. The summed E-state index contributed by atoms with van der Waals surface area (Å²) < 4.78 is 5.90. The molecule has 17 heavy (non-hydrogen) atoms. The largest absolute Gasteiger partial charge is 0.491 e. The van der Waals surface area contributed by atoms with Gasteiger partial charge in [0.25, 0.3) is 0 Å². The minimum atomic E-state index is -0.00586. The fourth-order valence-corrected chi connectivity index (χ4v) is 1.37. The topological polar surface area (TPSA) is 38.5 Å². The van der Waals surface area contributed by atoms with Crippen molar-refractivity contribution in [3.63, 3.8) is 0 Å². The van der Waals surface area contributed by atoms with E-state index < -0.39 is 0 Å². The van der Waals surface area contributed by atoms with Crippen LogP contribution in [0.2, 0.25) is 0 Å². The smallest absolute Gasteiger partial charge is 0.124 e. The minimum absolute atomic E-state index is 0.00491. The Labute approximate surface area is 105 Å². The molecule has 2 N–H and O–H groups in total. The number of ether oxygens (including phenoxy) is 1. The lowest BCUT2D eigenvalue weighted by molar-refractivity contribution is 0.113. The van der Waals surface area contributed by atoms with Crippen LogP contribution in [0.4, 0.5) is 0 Å². The van der Waals surface area contributed by atoms with Gasteiger partial charge in [-0.15, -0.1) is 0 Å². The second kappa shape index (κ2) is 5.52. The van der Waals surface area contributed by atoms with Gasteiger partial charge in [-0.3, -0.25) is 0 Å². The van der Waals surface area contributed by atoms with Crippen molar-refractivity contribution in [3.8, 4) is 5.75 Å². The maximum atomic E-state index is 5.92. The van der Waals surface area contributed by atoms with Crippen molar-refractivity contribution in [2.75, 3.05) is 20.7 Å². The van der Waals surface area contributed by atoms with Gasteiger partial charge in [0, 0.05) is 17.1 Å². The number of benzene rings is 1. The van der Waals surface area contributed by atoms with Gasteiger partial charge >= 0.3 is 0 Å². The molecule has 0 aliphatic carbocycles. The first kappa shape index (κ1) is 14.0. The molecule has 1 rings (SSSR count). The minimum Gasteiger partial charge on any atom is -0.491 e. The standard InChI is InChI=1S/C14H24N2O/c1-11(15)12-8-6-7-9-13(12)17-10-14(2,3)16(4)5/h6-9,11H,10,15H2,1-5H3/t11-/m1/s1. The SMILES string of the molecule is C[C@@H](N)c1ccccc1OCC(C)(C)N(C)C. The zero-order chi connectivity index (χ0) is 13.1. The van der Waals surface area contributed by atoms with E-state index in [1.54, 1.807) is 0 Å². The highest BCUT2D eigenvalue weighted by Crippen LogP contribution is 2.24. The van der Waals surface area contributed by atoms with Crippen LogP contribution in [0.5, 0.6) is 5.75 Å². The summed E-state index contributed by atoms with van der Waals surface area (Å²) in [5.74, 6) is 0.887. The number of nitrogens with two attached hydrogens (primary N) is 1. The predicted octanol–water partition coefficient (Wildman–Crippen LogP) is 2.43. The van der Waals surface area contributed by atoms with Crippen molar-refractivity contribution < 1.29 is 4.74 Å². The van der Waals surface area contributed by atoms with Gasteiger partial charge < -0.3 is 15.4 Å². The van der Waals surface area contributed by atoms with Crippen molar-refractivity contribution in [2.24, 2.45) is 5.73 Å². The molecular formula is C14H24N2O. The highest BCUT2D eigenvalue weighted by Gasteiger charge is 2.22. The third-order valence-electron chi connectivity index (χ3n) is 3.20.